The first-order valence-corrected chi connectivity index (χ1v) is 8.24. The summed E-state index contributed by atoms with van der Waals surface area (Å²) < 4.78 is 0. The molecular formula is C18H28N2O3. The van der Waals surface area contributed by atoms with E-state index in [-0.39, 0.29) is 18.5 Å². The number of aliphatic carboxylic acids is 1. The minimum absolute atomic E-state index is 0.107. The van der Waals surface area contributed by atoms with E-state index in [0.29, 0.717) is 6.54 Å². The van der Waals surface area contributed by atoms with Crippen LogP contribution in [0.1, 0.15) is 51.3 Å². The van der Waals surface area contributed by atoms with Crippen molar-refractivity contribution >= 4 is 11.9 Å². The van der Waals surface area contributed by atoms with E-state index in [4.69, 9.17) is 5.11 Å². The van der Waals surface area contributed by atoms with Crippen LogP contribution in [0.25, 0.3) is 0 Å². The lowest BCUT2D eigenvalue weighted by molar-refractivity contribution is -0.139. The van der Waals surface area contributed by atoms with Crippen molar-refractivity contribution in [3.63, 3.8) is 0 Å². The Balaban J connectivity index is 2.69. The second-order valence-corrected chi connectivity index (χ2v) is 5.87. The number of hydrogen-bond acceptors (Lipinski definition) is 3. The number of aryl methyl sites for hydroxylation is 1. The second-order valence-electron chi connectivity index (χ2n) is 5.87. The van der Waals surface area contributed by atoms with Crippen LogP contribution in [0, 0.1) is 0 Å². The number of carbonyl (C=O) groups excluding carboxylic acids is 1. The summed E-state index contributed by atoms with van der Waals surface area (Å²) in [6.45, 7) is 8.22. The molecule has 1 amide bonds. The molecule has 0 bridgehead atoms. The van der Waals surface area contributed by atoms with Crippen LogP contribution in [0.4, 0.5) is 0 Å². The van der Waals surface area contributed by atoms with Gasteiger partial charge in [-0.25, -0.2) is 0 Å². The molecule has 0 aliphatic carbocycles. The lowest BCUT2D eigenvalue weighted by Crippen LogP contribution is -2.47. The predicted molar refractivity (Wildman–Crippen MR) is 91.3 cm³/mol. The highest BCUT2D eigenvalue weighted by Gasteiger charge is 2.23. The Morgan fingerprint density at radius 2 is 1.78 bits per heavy atom. The van der Waals surface area contributed by atoms with Gasteiger partial charge in [0.05, 0.1) is 18.6 Å². The highest BCUT2D eigenvalue weighted by Crippen LogP contribution is 2.14. The van der Waals surface area contributed by atoms with Crippen molar-refractivity contribution in [2.75, 3.05) is 13.1 Å². The number of benzene rings is 1. The van der Waals surface area contributed by atoms with Gasteiger partial charge in [-0.2, -0.15) is 0 Å². The minimum Gasteiger partial charge on any atom is -0.480 e. The van der Waals surface area contributed by atoms with E-state index in [0.717, 1.165) is 18.4 Å². The van der Waals surface area contributed by atoms with Crippen LogP contribution in [0.3, 0.4) is 0 Å². The third-order valence-electron chi connectivity index (χ3n) is 4.02. The fraction of sp³-hybridized carbons (Fsp3) is 0.556. The molecule has 0 spiro atoms. The van der Waals surface area contributed by atoms with E-state index >= 15 is 0 Å². The highest BCUT2D eigenvalue weighted by molar-refractivity contribution is 5.82. The summed E-state index contributed by atoms with van der Waals surface area (Å²) >= 11 is 0. The van der Waals surface area contributed by atoms with E-state index < -0.39 is 12.0 Å². The maximum atomic E-state index is 12.4. The molecule has 0 saturated heterocycles. The predicted octanol–water partition coefficient (Wildman–Crippen LogP) is 2.61. The Morgan fingerprint density at radius 3 is 2.26 bits per heavy atom. The summed E-state index contributed by atoms with van der Waals surface area (Å²) in [5.41, 5.74) is 2.30. The van der Waals surface area contributed by atoms with E-state index in [2.05, 4.69) is 24.4 Å². The Morgan fingerprint density at radius 1 is 1.17 bits per heavy atom. The summed E-state index contributed by atoms with van der Waals surface area (Å²) in [4.78, 5) is 25.0. The Kier molecular flexibility index (Phi) is 7.75. The molecule has 1 aromatic carbocycles. The first-order chi connectivity index (χ1) is 10.9. The SMILES string of the molecule is CCCN(CC(=O)O)C(C)C(=O)NC(C)c1ccc(CC)cc1. The molecule has 128 valence electrons. The number of nitrogens with zero attached hydrogens (tertiary/aromatic N) is 1. The van der Waals surface area contributed by atoms with Gasteiger partial charge in [0.1, 0.15) is 0 Å². The average molecular weight is 320 g/mol. The molecule has 23 heavy (non-hydrogen) atoms. The number of carboxylic acid groups (broad SMARTS) is 1. The Hall–Kier alpha value is -1.88. The maximum absolute atomic E-state index is 12.4. The van der Waals surface area contributed by atoms with Gasteiger partial charge in [0, 0.05) is 0 Å². The van der Waals surface area contributed by atoms with E-state index in [1.807, 2.05) is 26.0 Å². The number of hydrogen-bond donors (Lipinski definition) is 2. The number of carbonyl (C=O) groups is 2. The van der Waals surface area contributed by atoms with Gasteiger partial charge in [-0.15, -0.1) is 0 Å². The van der Waals surface area contributed by atoms with Crippen LogP contribution in [0.2, 0.25) is 0 Å². The van der Waals surface area contributed by atoms with Crippen LogP contribution in [-0.4, -0.2) is 41.0 Å². The summed E-state index contributed by atoms with van der Waals surface area (Å²) in [6.07, 6.45) is 1.79. The van der Waals surface area contributed by atoms with Crippen LogP contribution in [-0.2, 0) is 16.0 Å². The number of nitrogens with one attached hydrogen (secondary N) is 1. The number of carboxylic acids is 1. The van der Waals surface area contributed by atoms with Crippen molar-refractivity contribution in [1.82, 2.24) is 10.2 Å². The standard InChI is InChI=1S/C18H28N2O3/c1-5-11-20(12-17(21)22)14(4)18(23)19-13(3)16-9-7-15(6-2)8-10-16/h7-10,13-14H,5-6,11-12H2,1-4H3,(H,19,23)(H,21,22). The number of amides is 1. The third-order valence-corrected chi connectivity index (χ3v) is 4.02. The van der Waals surface area contributed by atoms with Gasteiger partial charge in [-0.05, 0) is 44.4 Å². The zero-order valence-corrected chi connectivity index (χ0v) is 14.5. The van der Waals surface area contributed by atoms with E-state index in [1.54, 1.807) is 11.8 Å². The molecule has 0 aromatic heterocycles. The van der Waals surface area contributed by atoms with E-state index in [9.17, 15) is 9.59 Å². The van der Waals surface area contributed by atoms with Crippen molar-refractivity contribution in [1.29, 1.82) is 0 Å². The van der Waals surface area contributed by atoms with Gasteiger partial charge >= 0.3 is 5.97 Å². The molecule has 1 aromatic rings. The molecule has 0 fully saturated rings. The molecule has 2 N–H and O–H groups in total. The molecule has 2 unspecified atom stereocenters. The van der Waals surface area contributed by atoms with Crippen molar-refractivity contribution < 1.29 is 14.7 Å². The Bertz CT molecular complexity index is 514. The second kappa shape index (κ2) is 9.30. The van der Waals surface area contributed by atoms with Crippen molar-refractivity contribution in [2.45, 2.75) is 52.6 Å². The summed E-state index contributed by atoms with van der Waals surface area (Å²) in [5.74, 6) is -1.06. The number of rotatable bonds is 9. The van der Waals surface area contributed by atoms with E-state index in [1.165, 1.54) is 5.56 Å². The summed E-state index contributed by atoms with van der Waals surface area (Å²) in [5, 5.41) is 11.9. The topological polar surface area (TPSA) is 69.6 Å². The van der Waals surface area contributed by atoms with Gasteiger partial charge < -0.3 is 10.4 Å². The molecule has 0 radical (unpaired) electrons. The normalized spacial score (nSPS) is 13.6. The summed E-state index contributed by atoms with van der Waals surface area (Å²) in [7, 11) is 0. The molecule has 5 heteroatoms. The quantitative estimate of drug-likeness (QED) is 0.734. The zero-order chi connectivity index (χ0) is 17.4. The molecule has 1 rings (SSSR count). The largest absolute Gasteiger partial charge is 0.480 e. The first kappa shape index (κ1) is 19.2. The molecule has 0 heterocycles. The van der Waals surface area contributed by atoms with Crippen molar-refractivity contribution in [3.05, 3.63) is 35.4 Å². The van der Waals surface area contributed by atoms with Gasteiger partial charge in [0.2, 0.25) is 5.91 Å². The highest BCUT2D eigenvalue weighted by atomic mass is 16.4. The monoisotopic (exact) mass is 320 g/mol. The van der Waals surface area contributed by atoms with Crippen LogP contribution in [0.5, 0.6) is 0 Å². The molecule has 2 atom stereocenters. The molecule has 0 saturated carbocycles. The van der Waals surface area contributed by atoms with Crippen molar-refractivity contribution in [2.24, 2.45) is 0 Å². The van der Waals surface area contributed by atoms with Crippen LogP contribution < -0.4 is 5.32 Å². The minimum atomic E-state index is -0.915. The van der Waals surface area contributed by atoms with Crippen LogP contribution in [0.15, 0.2) is 24.3 Å². The average Bonchev–Trinajstić information content (AvgIpc) is 2.53. The van der Waals surface area contributed by atoms with Crippen molar-refractivity contribution in [3.8, 4) is 0 Å². The Labute approximate surface area is 138 Å². The smallest absolute Gasteiger partial charge is 0.317 e. The molecule has 5 nitrogen and oxygen atoms in total. The lowest BCUT2D eigenvalue weighted by Gasteiger charge is -2.27. The summed E-state index contributed by atoms with van der Waals surface area (Å²) in [6, 6.07) is 7.60. The zero-order valence-electron chi connectivity index (χ0n) is 14.5. The van der Waals surface area contributed by atoms with Gasteiger partial charge in [-0.1, -0.05) is 38.1 Å². The maximum Gasteiger partial charge on any atom is 0.317 e. The first-order valence-electron chi connectivity index (χ1n) is 8.24. The molecule has 0 aliphatic heterocycles. The lowest BCUT2D eigenvalue weighted by atomic mass is 10.0. The fourth-order valence-corrected chi connectivity index (χ4v) is 2.50. The van der Waals surface area contributed by atoms with Gasteiger partial charge in [0.15, 0.2) is 0 Å². The fourth-order valence-electron chi connectivity index (χ4n) is 2.50. The third kappa shape index (κ3) is 6.02. The van der Waals surface area contributed by atoms with Gasteiger partial charge in [-0.3, -0.25) is 14.5 Å². The van der Waals surface area contributed by atoms with Crippen LogP contribution >= 0.6 is 0 Å². The van der Waals surface area contributed by atoms with Gasteiger partial charge in [0.25, 0.3) is 0 Å². The molecular weight excluding hydrogens is 292 g/mol. The molecule has 0 aliphatic rings.